The molecule has 0 aliphatic carbocycles. The number of aryl methyl sites for hydroxylation is 1. The average molecular weight is 538 g/mol. The van der Waals surface area contributed by atoms with Crippen LogP contribution in [0, 0.1) is 12.7 Å². The Morgan fingerprint density at radius 2 is 1.80 bits per heavy atom. The molecular weight excluding hydrogens is 513 g/mol. The van der Waals surface area contributed by atoms with Gasteiger partial charge in [0, 0.05) is 16.8 Å². The first-order valence-corrected chi connectivity index (χ1v) is 12.0. The molecule has 3 aromatic carbocycles. The highest BCUT2D eigenvalue weighted by Crippen LogP contribution is 2.44. The van der Waals surface area contributed by atoms with Crippen molar-refractivity contribution in [3.63, 3.8) is 0 Å². The average Bonchev–Trinajstić information content (AvgIpc) is 2.79. The summed E-state index contributed by atoms with van der Waals surface area (Å²) in [6, 6.07) is 15.5. The topological polar surface area (TPSA) is 64.6 Å². The zero-order valence-corrected chi connectivity index (χ0v) is 21.5. The first kappa shape index (κ1) is 24.7. The van der Waals surface area contributed by atoms with E-state index in [1.54, 1.807) is 19.1 Å². The molecule has 1 aliphatic heterocycles. The molecule has 0 spiro atoms. The Morgan fingerprint density at radius 3 is 2.46 bits per heavy atom. The van der Waals surface area contributed by atoms with Crippen molar-refractivity contribution in [3.8, 4) is 5.75 Å². The molecule has 3 aromatic rings. The van der Waals surface area contributed by atoms with Crippen molar-refractivity contribution >= 4 is 39.1 Å². The molecular formula is C28H25BrFNO4. The zero-order chi connectivity index (χ0) is 25.3. The Labute approximate surface area is 212 Å². The third kappa shape index (κ3) is 5.30. The second kappa shape index (κ2) is 9.66. The van der Waals surface area contributed by atoms with Crippen LogP contribution in [0.4, 0.5) is 10.1 Å². The molecule has 0 radical (unpaired) electrons. The summed E-state index contributed by atoms with van der Waals surface area (Å²) in [7, 11) is 0. The van der Waals surface area contributed by atoms with Crippen LogP contribution in [0.1, 0.15) is 58.2 Å². The molecule has 7 heteroatoms. The van der Waals surface area contributed by atoms with Gasteiger partial charge in [0.1, 0.15) is 17.2 Å². The number of ether oxygens (including phenoxy) is 2. The number of hydrogen-bond acceptors (Lipinski definition) is 4. The highest BCUT2D eigenvalue weighted by Gasteiger charge is 2.30. The highest BCUT2D eigenvalue weighted by atomic mass is 79.9. The van der Waals surface area contributed by atoms with Gasteiger partial charge in [0.25, 0.3) is 5.91 Å². The number of rotatable bonds is 5. The molecule has 1 heterocycles. The molecule has 4 rings (SSSR count). The molecule has 35 heavy (non-hydrogen) atoms. The Kier molecular flexibility index (Phi) is 6.81. The van der Waals surface area contributed by atoms with Gasteiger partial charge in [-0.2, -0.15) is 0 Å². The van der Waals surface area contributed by atoms with E-state index in [1.807, 2.05) is 51.1 Å². The van der Waals surface area contributed by atoms with E-state index in [-0.39, 0.29) is 17.9 Å². The van der Waals surface area contributed by atoms with Crippen LogP contribution in [0.25, 0.3) is 5.57 Å². The van der Waals surface area contributed by atoms with E-state index in [0.717, 1.165) is 28.3 Å². The van der Waals surface area contributed by atoms with Gasteiger partial charge in [0.2, 0.25) is 0 Å². The lowest BCUT2D eigenvalue weighted by atomic mass is 9.88. The Bertz CT molecular complexity index is 1350. The van der Waals surface area contributed by atoms with Crippen molar-refractivity contribution in [3.05, 3.63) is 98.8 Å². The van der Waals surface area contributed by atoms with Gasteiger partial charge in [-0.3, -0.25) is 4.79 Å². The van der Waals surface area contributed by atoms with Gasteiger partial charge < -0.3 is 14.8 Å². The molecule has 1 N–H and O–H groups in total. The lowest BCUT2D eigenvalue weighted by Crippen LogP contribution is -2.29. The number of amides is 1. The predicted molar refractivity (Wildman–Crippen MR) is 137 cm³/mol. The molecule has 0 unspecified atom stereocenters. The van der Waals surface area contributed by atoms with Crippen LogP contribution in [0.15, 0.2) is 65.1 Å². The zero-order valence-electron chi connectivity index (χ0n) is 19.9. The van der Waals surface area contributed by atoms with Crippen molar-refractivity contribution in [2.24, 2.45) is 0 Å². The van der Waals surface area contributed by atoms with E-state index >= 15 is 0 Å². The number of benzene rings is 3. The summed E-state index contributed by atoms with van der Waals surface area (Å²) in [5, 5.41) is 2.70. The van der Waals surface area contributed by atoms with E-state index in [0.29, 0.717) is 15.8 Å². The summed E-state index contributed by atoms with van der Waals surface area (Å²) in [6.45, 7) is 7.77. The Hall–Kier alpha value is -3.45. The third-order valence-corrected chi connectivity index (χ3v) is 6.13. The largest absolute Gasteiger partial charge is 0.482 e. The van der Waals surface area contributed by atoms with Crippen molar-refractivity contribution in [1.29, 1.82) is 0 Å². The van der Waals surface area contributed by atoms with Crippen LogP contribution in [0.5, 0.6) is 5.75 Å². The van der Waals surface area contributed by atoms with Crippen LogP contribution in [0.3, 0.4) is 0 Å². The predicted octanol–water partition coefficient (Wildman–Crippen LogP) is 6.93. The second-order valence-corrected chi connectivity index (χ2v) is 9.69. The van der Waals surface area contributed by atoms with Gasteiger partial charge in [0.15, 0.2) is 0 Å². The quantitative estimate of drug-likeness (QED) is 0.358. The number of fused-ring (bicyclic) bond motifs is 1. The fraction of sp³-hybridized carbons (Fsp3) is 0.214. The Balaban J connectivity index is 1.68. The van der Waals surface area contributed by atoms with Crippen molar-refractivity contribution < 1.29 is 23.5 Å². The molecule has 1 amide bonds. The smallest absolute Gasteiger partial charge is 0.341 e. The van der Waals surface area contributed by atoms with Gasteiger partial charge in [-0.05, 0) is 91.2 Å². The SMILES string of the molecule is CCOC(=O)c1ccc(NC(=O)c2cc(Br)c3c(c2)C(c2ccc(C)cc2)=CC(C)(C)O3)cc1F. The highest BCUT2D eigenvalue weighted by molar-refractivity contribution is 9.10. The molecule has 0 bridgehead atoms. The number of anilines is 1. The maximum atomic E-state index is 14.4. The minimum Gasteiger partial charge on any atom is -0.482 e. The summed E-state index contributed by atoms with van der Waals surface area (Å²) in [5.74, 6) is -1.30. The maximum absolute atomic E-state index is 14.4. The fourth-order valence-electron chi connectivity index (χ4n) is 3.89. The first-order chi connectivity index (χ1) is 16.6. The lowest BCUT2D eigenvalue weighted by Gasteiger charge is -2.32. The third-order valence-electron chi connectivity index (χ3n) is 5.54. The van der Waals surface area contributed by atoms with Crippen LogP contribution >= 0.6 is 15.9 Å². The van der Waals surface area contributed by atoms with Gasteiger partial charge in [-0.25, -0.2) is 9.18 Å². The van der Waals surface area contributed by atoms with Crippen LogP contribution < -0.4 is 10.1 Å². The summed E-state index contributed by atoms with van der Waals surface area (Å²) in [5.41, 5.74) is 3.75. The first-order valence-electron chi connectivity index (χ1n) is 11.2. The second-order valence-electron chi connectivity index (χ2n) is 8.83. The van der Waals surface area contributed by atoms with Crippen LogP contribution in [0.2, 0.25) is 0 Å². The summed E-state index contributed by atoms with van der Waals surface area (Å²) < 4.78 is 26.1. The normalized spacial score (nSPS) is 13.8. The molecule has 5 nitrogen and oxygen atoms in total. The molecule has 0 saturated heterocycles. The number of hydrogen-bond donors (Lipinski definition) is 1. The van der Waals surface area contributed by atoms with Crippen LogP contribution in [-0.4, -0.2) is 24.1 Å². The number of carbonyl (C=O) groups excluding carboxylic acids is 2. The molecule has 0 fully saturated rings. The maximum Gasteiger partial charge on any atom is 0.341 e. The summed E-state index contributed by atoms with van der Waals surface area (Å²) >= 11 is 3.56. The van der Waals surface area contributed by atoms with Crippen molar-refractivity contribution in [1.82, 2.24) is 0 Å². The van der Waals surface area contributed by atoms with Gasteiger partial charge in [-0.15, -0.1) is 0 Å². The number of nitrogens with one attached hydrogen (secondary N) is 1. The van der Waals surface area contributed by atoms with Crippen molar-refractivity contribution in [2.45, 2.75) is 33.3 Å². The van der Waals surface area contributed by atoms with E-state index in [1.165, 1.54) is 12.1 Å². The monoisotopic (exact) mass is 537 g/mol. The molecule has 180 valence electrons. The minimum absolute atomic E-state index is 0.143. The number of carbonyl (C=O) groups is 2. The van der Waals surface area contributed by atoms with Gasteiger partial charge in [-0.1, -0.05) is 29.8 Å². The van der Waals surface area contributed by atoms with E-state index < -0.39 is 23.3 Å². The standard InChI is InChI=1S/C28H25BrFNO4/c1-5-34-27(33)20-11-10-19(14-24(20)30)31-26(32)18-12-21-22(17-8-6-16(2)7-9-17)15-28(3,4)35-25(21)23(29)13-18/h6-15H,5H2,1-4H3,(H,31,32). The van der Waals surface area contributed by atoms with Gasteiger partial charge >= 0.3 is 5.97 Å². The van der Waals surface area contributed by atoms with Crippen molar-refractivity contribution in [2.75, 3.05) is 11.9 Å². The van der Waals surface area contributed by atoms with Crippen LogP contribution in [-0.2, 0) is 4.74 Å². The number of esters is 1. The van der Waals surface area contributed by atoms with E-state index in [2.05, 4.69) is 21.2 Å². The Morgan fingerprint density at radius 1 is 1.09 bits per heavy atom. The molecule has 0 saturated carbocycles. The summed E-state index contributed by atoms with van der Waals surface area (Å²) in [4.78, 5) is 24.9. The minimum atomic E-state index is -0.770. The summed E-state index contributed by atoms with van der Waals surface area (Å²) in [6.07, 6.45) is 2.04. The lowest BCUT2D eigenvalue weighted by molar-refractivity contribution is 0.0521. The molecule has 1 aliphatic rings. The molecule has 0 aromatic heterocycles. The molecule has 0 atom stereocenters. The van der Waals surface area contributed by atoms with E-state index in [9.17, 15) is 14.0 Å². The van der Waals surface area contributed by atoms with E-state index in [4.69, 9.17) is 9.47 Å². The fourth-order valence-corrected chi connectivity index (χ4v) is 4.43. The number of halogens is 2. The van der Waals surface area contributed by atoms with Gasteiger partial charge in [0.05, 0.1) is 16.6 Å².